The van der Waals surface area contributed by atoms with E-state index in [1.54, 1.807) is 30.3 Å². The Kier molecular flexibility index (Phi) is 7.05. The van der Waals surface area contributed by atoms with Crippen molar-refractivity contribution in [2.24, 2.45) is 0 Å². The highest BCUT2D eigenvalue weighted by molar-refractivity contribution is 7.80. The second-order valence-corrected chi connectivity index (χ2v) is 6.27. The van der Waals surface area contributed by atoms with E-state index in [-0.39, 0.29) is 23.0 Å². The standard InChI is InChI=1S/C20H21N3O2S/c1-14(2)21-19(25)16-10-6-7-11-17(16)22-20(26)23-18(24)13-12-15-8-4-3-5-9-15/h3-14H,1-2H3,(H,21,25)(H2,22,23,24,26)/b13-12+. The predicted octanol–water partition coefficient (Wildman–Crippen LogP) is 3.35. The van der Waals surface area contributed by atoms with Gasteiger partial charge in [0.05, 0.1) is 11.3 Å². The molecular weight excluding hydrogens is 346 g/mol. The van der Waals surface area contributed by atoms with E-state index in [4.69, 9.17) is 12.2 Å². The first-order valence-corrected chi connectivity index (χ1v) is 8.61. The number of carbonyl (C=O) groups is 2. The minimum Gasteiger partial charge on any atom is -0.350 e. The van der Waals surface area contributed by atoms with Crippen molar-refractivity contribution in [3.05, 3.63) is 71.8 Å². The maximum atomic E-state index is 12.2. The third kappa shape index (κ3) is 6.14. The zero-order chi connectivity index (χ0) is 18.9. The fraction of sp³-hybridized carbons (Fsp3) is 0.150. The van der Waals surface area contributed by atoms with Crippen molar-refractivity contribution >= 4 is 40.9 Å². The van der Waals surface area contributed by atoms with Crippen LogP contribution in [0.1, 0.15) is 29.8 Å². The number of hydrogen-bond acceptors (Lipinski definition) is 3. The molecule has 0 spiro atoms. The maximum Gasteiger partial charge on any atom is 0.253 e. The van der Waals surface area contributed by atoms with Gasteiger partial charge in [-0.15, -0.1) is 0 Å². The van der Waals surface area contributed by atoms with Crippen molar-refractivity contribution < 1.29 is 9.59 Å². The van der Waals surface area contributed by atoms with Crippen molar-refractivity contribution in [1.29, 1.82) is 0 Å². The smallest absolute Gasteiger partial charge is 0.253 e. The summed E-state index contributed by atoms with van der Waals surface area (Å²) in [4.78, 5) is 24.2. The highest BCUT2D eigenvalue weighted by Gasteiger charge is 2.13. The van der Waals surface area contributed by atoms with Crippen LogP contribution in [0.15, 0.2) is 60.7 Å². The summed E-state index contributed by atoms with van der Waals surface area (Å²) in [7, 11) is 0. The molecule has 0 saturated heterocycles. The molecule has 6 heteroatoms. The average molecular weight is 367 g/mol. The number of nitrogens with one attached hydrogen (secondary N) is 3. The number of amides is 2. The van der Waals surface area contributed by atoms with Gasteiger partial charge in [-0.25, -0.2) is 0 Å². The molecule has 0 bridgehead atoms. The van der Waals surface area contributed by atoms with Crippen LogP contribution in [0.5, 0.6) is 0 Å². The lowest BCUT2D eigenvalue weighted by atomic mass is 10.1. The molecule has 0 aromatic heterocycles. The van der Waals surface area contributed by atoms with E-state index in [9.17, 15) is 9.59 Å². The number of thiocarbonyl (C=S) groups is 1. The van der Waals surface area contributed by atoms with Gasteiger partial charge in [0.1, 0.15) is 0 Å². The molecule has 2 aromatic carbocycles. The topological polar surface area (TPSA) is 70.2 Å². The van der Waals surface area contributed by atoms with Crippen molar-refractivity contribution in [3.63, 3.8) is 0 Å². The van der Waals surface area contributed by atoms with E-state index in [1.165, 1.54) is 6.08 Å². The fourth-order valence-corrected chi connectivity index (χ4v) is 2.38. The Labute approximate surface area is 158 Å². The molecule has 134 valence electrons. The van der Waals surface area contributed by atoms with Gasteiger partial charge in [0, 0.05) is 12.1 Å². The Morgan fingerprint density at radius 1 is 1.00 bits per heavy atom. The average Bonchev–Trinajstić information content (AvgIpc) is 2.60. The van der Waals surface area contributed by atoms with Crippen LogP contribution < -0.4 is 16.0 Å². The summed E-state index contributed by atoms with van der Waals surface area (Å²) < 4.78 is 0. The molecule has 2 rings (SSSR count). The van der Waals surface area contributed by atoms with E-state index >= 15 is 0 Å². The van der Waals surface area contributed by atoms with Crippen molar-refractivity contribution in [3.8, 4) is 0 Å². The van der Waals surface area contributed by atoms with Crippen molar-refractivity contribution in [2.75, 3.05) is 5.32 Å². The van der Waals surface area contributed by atoms with Crippen LogP contribution >= 0.6 is 12.2 Å². The highest BCUT2D eigenvalue weighted by atomic mass is 32.1. The van der Waals surface area contributed by atoms with Crippen LogP contribution in [0.25, 0.3) is 6.08 Å². The number of rotatable bonds is 5. The van der Waals surface area contributed by atoms with Gasteiger partial charge in [-0.2, -0.15) is 0 Å². The van der Waals surface area contributed by atoms with Gasteiger partial charge in [-0.05, 0) is 49.8 Å². The normalized spacial score (nSPS) is 10.6. The third-order valence-electron chi connectivity index (χ3n) is 3.30. The molecule has 0 aliphatic carbocycles. The van der Waals surface area contributed by atoms with E-state index < -0.39 is 0 Å². The molecule has 26 heavy (non-hydrogen) atoms. The molecule has 2 aromatic rings. The molecule has 0 radical (unpaired) electrons. The molecule has 5 nitrogen and oxygen atoms in total. The summed E-state index contributed by atoms with van der Waals surface area (Å²) in [6.45, 7) is 3.77. The summed E-state index contributed by atoms with van der Waals surface area (Å²) in [5, 5.41) is 8.42. The minimum absolute atomic E-state index is 0.0188. The van der Waals surface area contributed by atoms with Crippen LogP contribution in [-0.4, -0.2) is 23.0 Å². The van der Waals surface area contributed by atoms with Crippen LogP contribution in [0, 0.1) is 0 Å². The van der Waals surface area contributed by atoms with Crippen molar-refractivity contribution in [1.82, 2.24) is 10.6 Å². The van der Waals surface area contributed by atoms with Crippen LogP contribution in [-0.2, 0) is 4.79 Å². The van der Waals surface area contributed by atoms with Gasteiger partial charge in [0.2, 0.25) is 5.91 Å². The molecule has 3 N–H and O–H groups in total. The first kappa shape index (κ1) is 19.3. The van der Waals surface area contributed by atoms with Gasteiger partial charge in [0.15, 0.2) is 5.11 Å². The molecule has 0 unspecified atom stereocenters. The second-order valence-electron chi connectivity index (χ2n) is 5.86. The second kappa shape index (κ2) is 9.48. The third-order valence-corrected chi connectivity index (χ3v) is 3.51. The van der Waals surface area contributed by atoms with Crippen molar-refractivity contribution in [2.45, 2.75) is 19.9 Å². The summed E-state index contributed by atoms with van der Waals surface area (Å²) >= 11 is 5.17. The maximum absolute atomic E-state index is 12.2. The molecule has 0 aliphatic heterocycles. The minimum atomic E-state index is -0.351. The Morgan fingerprint density at radius 3 is 2.35 bits per heavy atom. The Morgan fingerprint density at radius 2 is 1.65 bits per heavy atom. The van der Waals surface area contributed by atoms with Gasteiger partial charge in [-0.3, -0.25) is 14.9 Å². The summed E-state index contributed by atoms with van der Waals surface area (Å²) in [5.41, 5.74) is 1.90. The summed E-state index contributed by atoms with van der Waals surface area (Å²) in [5.74, 6) is -0.559. The Hall–Kier alpha value is -2.99. The summed E-state index contributed by atoms with van der Waals surface area (Å²) in [6.07, 6.45) is 3.10. The molecular formula is C20H21N3O2S. The van der Waals surface area contributed by atoms with E-state index in [2.05, 4.69) is 16.0 Å². The SMILES string of the molecule is CC(C)NC(=O)c1ccccc1NC(=S)NC(=O)/C=C/c1ccccc1. The fourth-order valence-electron chi connectivity index (χ4n) is 2.17. The summed E-state index contributed by atoms with van der Waals surface area (Å²) in [6, 6.07) is 16.5. The zero-order valence-corrected chi connectivity index (χ0v) is 15.5. The van der Waals surface area contributed by atoms with Crippen LogP contribution in [0.2, 0.25) is 0 Å². The highest BCUT2D eigenvalue weighted by Crippen LogP contribution is 2.15. The lowest BCUT2D eigenvalue weighted by Gasteiger charge is -2.14. The van der Waals surface area contributed by atoms with Crippen LogP contribution in [0.4, 0.5) is 5.69 Å². The molecule has 0 atom stereocenters. The van der Waals surface area contributed by atoms with E-state index in [0.29, 0.717) is 11.3 Å². The van der Waals surface area contributed by atoms with Gasteiger partial charge in [0.25, 0.3) is 5.91 Å². The van der Waals surface area contributed by atoms with E-state index in [1.807, 2.05) is 44.2 Å². The largest absolute Gasteiger partial charge is 0.350 e. The predicted molar refractivity (Wildman–Crippen MR) is 109 cm³/mol. The van der Waals surface area contributed by atoms with Gasteiger partial charge < -0.3 is 10.6 Å². The Balaban J connectivity index is 1.98. The number of hydrogen-bond donors (Lipinski definition) is 3. The number of carbonyl (C=O) groups excluding carboxylic acids is 2. The lowest BCUT2D eigenvalue weighted by molar-refractivity contribution is -0.115. The molecule has 0 saturated carbocycles. The molecule has 0 aliphatic rings. The Bertz CT molecular complexity index is 817. The first-order chi connectivity index (χ1) is 12.5. The molecule has 0 fully saturated rings. The van der Waals surface area contributed by atoms with Crippen LogP contribution in [0.3, 0.4) is 0 Å². The van der Waals surface area contributed by atoms with Gasteiger partial charge >= 0.3 is 0 Å². The van der Waals surface area contributed by atoms with Gasteiger partial charge in [-0.1, -0.05) is 42.5 Å². The first-order valence-electron chi connectivity index (χ1n) is 8.20. The number of benzene rings is 2. The molecule has 0 heterocycles. The number of para-hydroxylation sites is 1. The van der Waals surface area contributed by atoms with E-state index in [0.717, 1.165) is 5.56 Å². The monoisotopic (exact) mass is 367 g/mol. The quantitative estimate of drug-likeness (QED) is 0.560. The zero-order valence-electron chi connectivity index (χ0n) is 14.7. The molecule has 2 amide bonds. The lowest BCUT2D eigenvalue weighted by Crippen LogP contribution is -2.34. The number of anilines is 1.